The van der Waals surface area contributed by atoms with Gasteiger partial charge in [-0.05, 0) is 37.3 Å². The molecule has 0 aliphatic carbocycles. The van der Waals surface area contributed by atoms with Crippen molar-refractivity contribution in [1.29, 1.82) is 0 Å². The van der Waals surface area contributed by atoms with E-state index < -0.39 is 0 Å². The van der Waals surface area contributed by atoms with Crippen molar-refractivity contribution in [3.63, 3.8) is 0 Å². The minimum Gasteiger partial charge on any atom is -0.455 e. The van der Waals surface area contributed by atoms with E-state index in [0.29, 0.717) is 10.0 Å². The van der Waals surface area contributed by atoms with Gasteiger partial charge in [-0.3, -0.25) is 0 Å². The molecular formula is C13H14Cl2NO+. The van der Waals surface area contributed by atoms with Crippen LogP contribution in [0.2, 0.25) is 10.0 Å². The van der Waals surface area contributed by atoms with Crippen molar-refractivity contribution in [2.24, 2.45) is 0 Å². The highest BCUT2D eigenvalue weighted by Gasteiger charge is 2.09. The van der Waals surface area contributed by atoms with Crippen LogP contribution in [-0.4, -0.2) is 6.54 Å². The third-order valence-electron chi connectivity index (χ3n) is 2.49. The van der Waals surface area contributed by atoms with Gasteiger partial charge in [0, 0.05) is 10.6 Å². The molecule has 1 aromatic carbocycles. The molecule has 90 valence electrons. The van der Waals surface area contributed by atoms with Crippen LogP contribution in [0, 0.1) is 0 Å². The molecule has 2 rings (SSSR count). The Balaban J connectivity index is 2.27. The molecule has 0 aliphatic rings. The van der Waals surface area contributed by atoms with E-state index in [2.05, 4.69) is 12.2 Å². The molecule has 2 nitrogen and oxygen atoms in total. The van der Waals surface area contributed by atoms with E-state index >= 15 is 0 Å². The minimum absolute atomic E-state index is 0.648. The van der Waals surface area contributed by atoms with Crippen molar-refractivity contribution in [2.75, 3.05) is 6.54 Å². The Hall–Kier alpha value is -0.960. The van der Waals surface area contributed by atoms with Gasteiger partial charge in [0.05, 0.1) is 11.6 Å². The van der Waals surface area contributed by atoms with Crippen LogP contribution < -0.4 is 5.32 Å². The van der Waals surface area contributed by atoms with Gasteiger partial charge in [0.25, 0.3) is 0 Å². The van der Waals surface area contributed by atoms with Crippen LogP contribution in [0.5, 0.6) is 0 Å². The van der Waals surface area contributed by atoms with Crippen molar-refractivity contribution >= 4 is 23.2 Å². The van der Waals surface area contributed by atoms with E-state index in [1.807, 2.05) is 18.2 Å². The quantitative estimate of drug-likeness (QED) is 0.908. The smallest absolute Gasteiger partial charge is 0.158 e. The number of halogens is 2. The molecule has 17 heavy (non-hydrogen) atoms. The van der Waals surface area contributed by atoms with Gasteiger partial charge in [-0.1, -0.05) is 23.2 Å². The molecule has 0 saturated heterocycles. The lowest BCUT2D eigenvalue weighted by atomic mass is 10.2. The molecule has 4 heteroatoms. The Morgan fingerprint density at radius 2 is 2.00 bits per heavy atom. The predicted octanol–water partition coefficient (Wildman–Crippen LogP) is 3.34. The maximum absolute atomic E-state index is 6.12. The lowest BCUT2D eigenvalue weighted by Gasteiger charge is -2.01. The minimum atomic E-state index is 0.648. The Labute approximate surface area is 111 Å². The van der Waals surface area contributed by atoms with Gasteiger partial charge in [0.15, 0.2) is 5.76 Å². The van der Waals surface area contributed by atoms with E-state index in [-0.39, 0.29) is 0 Å². The fraction of sp³-hybridized carbons (Fsp3) is 0.231. The highest BCUT2D eigenvalue weighted by atomic mass is 35.5. The summed E-state index contributed by atoms with van der Waals surface area (Å²) in [5, 5.41) is 3.47. The van der Waals surface area contributed by atoms with Crippen LogP contribution in [-0.2, 0) is 6.54 Å². The number of hydrogen-bond donors (Lipinski definition) is 1. The van der Waals surface area contributed by atoms with Crippen molar-refractivity contribution in [3.05, 3.63) is 46.1 Å². The summed E-state index contributed by atoms with van der Waals surface area (Å²) in [6, 6.07) is 9.26. The van der Waals surface area contributed by atoms with Gasteiger partial charge < -0.3 is 9.73 Å². The Morgan fingerprint density at radius 3 is 2.76 bits per heavy atom. The molecule has 0 bridgehead atoms. The first-order valence-electron chi connectivity index (χ1n) is 5.56. The zero-order chi connectivity index (χ0) is 12.3. The van der Waals surface area contributed by atoms with E-state index in [1.54, 1.807) is 12.1 Å². The number of furan rings is 1. The number of benzene rings is 1. The highest BCUT2D eigenvalue weighted by Crippen LogP contribution is 2.31. The van der Waals surface area contributed by atoms with Gasteiger partial charge >= 0.3 is 0 Å². The summed E-state index contributed by atoms with van der Waals surface area (Å²) in [5.74, 6) is 1.70. The van der Waals surface area contributed by atoms with E-state index in [0.717, 1.165) is 30.2 Å². The molecule has 0 saturated carbocycles. The maximum Gasteiger partial charge on any atom is 0.158 e. The van der Waals surface area contributed by atoms with Crippen molar-refractivity contribution in [2.45, 2.75) is 13.5 Å². The molecule has 2 N–H and O–H groups in total. The summed E-state index contributed by atoms with van der Waals surface area (Å²) in [6.45, 7) is 3.99. The number of hydrogen-bond acceptors (Lipinski definition) is 1. The predicted molar refractivity (Wildman–Crippen MR) is 70.3 cm³/mol. The average molecular weight is 271 g/mol. The molecule has 1 aromatic heterocycles. The van der Waals surface area contributed by atoms with Gasteiger partial charge in [-0.15, -0.1) is 0 Å². The monoisotopic (exact) mass is 270 g/mol. The summed E-state index contributed by atoms with van der Waals surface area (Å²) in [5.41, 5.74) is 0.835. The van der Waals surface area contributed by atoms with Crippen LogP contribution in [0.15, 0.2) is 34.7 Å². The zero-order valence-corrected chi connectivity index (χ0v) is 11.1. The topological polar surface area (TPSA) is 29.8 Å². The molecule has 0 aliphatic heterocycles. The Bertz CT molecular complexity index is 508. The molecule has 0 amide bonds. The molecule has 0 spiro atoms. The van der Waals surface area contributed by atoms with Crippen molar-refractivity contribution in [1.82, 2.24) is 0 Å². The number of quaternary nitrogens is 1. The second kappa shape index (κ2) is 5.58. The molecule has 0 radical (unpaired) electrons. The molecule has 0 atom stereocenters. The third kappa shape index (κ3) is 3.03. The van der Waals surface area contributed by atoms with Crippen molar-refractivity contribution < 1.29 is 9.73 Å². The second-order valence-corrected chi connectivity index (χ2v) is 4.63. The van der Waals surface area contributed by atoms with Gasteiger partial charge in [-0.2, -0.15) is 0 Å². The highest BCUT2D eigenvalue weighted by molar-refractivity contribution is 6.35. The van der Waals surface area contributed by atoms with Gasteiger partial charge in [0.1, 0.15) is 12.3 Å². The lowest BCUT2D eigenvalue weighted by molar-refractivity contribution is -0.669. The normalized spacial score (nSPS) is 10.8. The first kappa shape index (κ1) is 12.5. The van der Waals surface area contributed by atoms with Gasteiger partial charge in [0.2, 0.25) is 0 Å². The van der Waals surface area contributed by atoms with E-state index in [1.165, 1.54) is 0 Å². The average Bonchev–Trinajstić information content (AvgIpc) is 2.78. The largest absolute Gasteiger partial charge is 0.455 e. The third-order valence-corrected chi connectivity index (χ3v) is 3.05. The summed E-state index contributed by atoms with van der Waals surface area (Å²) in [6.07, 6.45) is 0. The number of rotatable bonds is 4. The van der Waals surface area contributed by atoms with Crippen LogP contribution in [0.3, 0.4) is 0 Å². The van der Waals surface area contributed by atoms with Crippen LogP contribution in [0.4, 0.5) is 0 Å². The summed E-state index contributed by atoms with van der Waals surface area (Å²) in [4.78, 5) is 0. The van der Waals surface area contributed by atoms with Crippen LogP contribution in [0.25, 0.3) is 11.3 Å². The number of nitrogens with two attached hydrogens (primary N) is 1. The Morgan fingerprint density at radius 1 is 1.18 bits per heavy atom. The van der Waals surface area contributed by atoms with E-state index in [4.69, 9.17) is 27.6 Å². The molecular weight excluding hydrogens is 257 g/mol. The van der Waals surface area contributed by atoms with Gasteiger partial charge in [-0.25, -0.2) is 0 Å². The first-order chi connectivity index (χ1) is 8.20. The summed E-state index contributed by atoms with van der Waals surface area (Å²) >= 11 is 12.1. The standard InChI is InChI=1S/C13H13Cl2NO/c1-2-16-8-10-4-6-13(17-10)11-7-9(14)3-5-12(11)15/h3-7,16H,2,8H2,1H3/p+1. The SMILES string of the molecule is CC[NH2+]Cc1ccc(-c2cc(Cl)ccc2Cl)o1. The van der Waals surface area contributed by atoms with E-state index in [9.17, 15) is 0 Å². The Kier molecular flexibility index (Phi) is 4.11. The molecule has 0 fully saturated rings. The zero-order valence-electron chi connectivity index (χ0n) is 9.54. The van der Waals surface area contributed by atoms with Crippen molar-refractivity contribution in [3.8, 4) is 11.3 Å². The fourth-order valence-electron chi connectivity index (χ4n) is 1.61. The molecule has 2 aromatic rings. The second-order valence-electron chi connectivity index (χ2n) is 3.79. The fourth-order valence-corrected chi connectivity index (χ4v) is 1.99. The van der Waals surface area contributed by atoms with Crippen LogP contribution >= 0.6 is 23.2 Å². The summed E-state index contributed by atoms with van der Waals surface area (Å²) < 4.78 is 5.73. The lowest BCUT2D eigenvalue weighted by Crippen LogP contribution is -2.81. The first-order valence-corrected chi connectivity index (χ1v) is 6.32. The maximum atomic E-state index is 6.12. The van der Waals surface area contributed by atoms with Crippen LogP contribution in [0.1, 0.15) is 12.7 Å². The molecule has 1 heterocycles. The summed E-state index contributed by atoms with van der Waals surface area (Å²) in [7, 11) is 0. The molecule has 0 unspecified atom stereocenters.